The summed E-state index contributed by atoms with van der Waals surface area (Å²) in [6, 6.07) is 4.56. The number of hydrogen-bond acceptors (Lipinski definition) is 10. The third-order valence-corrected chi connectivity index (χ3v) is 7.27. The van der Waals surface area contributed by atoms with E-state index in [0.29, 0.717) is 0 Å². The van der Waals surface area contributed by atoms with Crippen LogP contribution in [0, 0.1) is 3.57 Å². The van der Waals surface area contributed by atoms with Crippen molar-refractivity contribution in [3.63, 3.8) is 0 Å². The standard InChI is InChI=1S/C20H27IO10/c1-7-26-19(24)12(3)28-16-10-9-11-17(29-13(4)20(25)27-8-2)18(16)21(30-14(5)22)31-15(6)23/h9-13H,7-8H2,1-6H3. The number of rotatable bonds is 11. The molecule has 0 amide bonds. The first-order valence-electron chi connectivity index (χ1n) is 9.48. The van der Waals surface area contributed by atoms with E-state index in [-0.39, 0.29) is 28.3 Å². The van der Waals surface area contributed by atoms with E-state index < -0.39 is 56.7 Å². The van der Waals surface area contributed by atoms with Gasteiger partial charge in [0, 0.05) is 0 Å². The minimum atomic E-state index is -3.47. The Bertz CT molecular complexity index is 734. The van der Waals surface area contributed by atoms with Crippen LogP contribution in [0.3, 0.4) is 0 Å². The zero-order chi connectivity index (χ0) is 23.6. The molecule has 174 valence electrons. The Morgan fingerprint density at radius 1 is 0.806 bits per heavy atom. The molecule has 11 heteroatoms. The quantitative estimate of drug-likeness (QED) is 0.298. The number of ether oxygens (including phenoxy) is 4. The zero-order valence-electron chi connectivity index (χ0n) is 18.3. The first-order chi connectivity index (χ1) is 14.6. The van der Waals surface area contributed by atoms with Gasteiger partial charge < -0.3 is 0 Å². The molecule has 1 aromatic rings. The molecule has 0 fully saturated rings. The average Bonchev–Trinajstić information content (AvgIpc) is 2.67. The average molecular weight is 554 g/mol. The molecule has 0 saturated carbocycles. The topological polar surface area (TPSA) is 124 Å². The van der Waals surface area contributed by atoms with Gasteiger partial charge in [0.2, 0.25) is 0 Å². The van der Waals surface area contributed by atoms with Crippen LogP contribution in [0.25, 0.3) is 0 Å². The van der Waals surface area contributed by atoms with Gasteiger partial charge >= 0.3 is 189 Å². The maximum absolute atomic E-state index is 12.0. The summed E-state index contributed by atoms with van der Waals surface area (Å²) in [4.78, 5) is 47.3. The van der Waals surface area contributed by atoms with Crippen molar-refractivity contribution in [2.75, 3.05) is 13.2 Å². The van der Waals surface area contributed by atoms with Gasteiger partial charge in [-0.3, -0.25) is 0 Å². The van der Waals surface area contributed by atoms with E-state index in [0.717, 1.165) is 0 Å². The predicted molar refractivity (Wildman–Crippen MR) is 116 cm³/mol. The zero-order valence-corrected chi connectivity index (χ0v) is 20.4. The molecule has 0 aliphatic carbocycles. The van der Waals surface area contributed by atoms with Crippen molar-refractivity contribution in [3.8, 4) is 11.5 Å². The van der Waals surface area contributed by atoms with Crippen LogP contribution in [0.1, 0.15) is 41.5 Å². The molecule has 1 rings (SSSR count). The van der Waals surface area contributed by atoms with Gasteiger partial charge in [0.25, 0.3) is 0 Å². The van der Waals surface area contributed by atoms with Gasteiger partial charge in [0.1, 0.15) is 0 Å². The van der Waals surface area contributed by atoms with E-state index in [4.69, 9.17) is 25.1 Å². The molecule has 0 heterocycles. The summed E-state index contributed by atoms with van der Waals surface area (Å²) in [5.74, 6) is -2.38. The third-order valence-electron chi connectivity index (χ3n) is 3.28. The van der Waals surface area contributed by atoms with E-state index in [1.165, 1.54) is 39.8 Å². The minimum absolute atomic E-state index is 0.0989. The predicted octanol–water partition coefficient (Wildman–Crippen LogP) is 2.98. The molecule has 2 unspecified atom stereocenters. The van der Waals surface area contributed by atoms with Gasteiger partial charge in [-0.2, -0.15) is 0 Å². The second kappa shape index (κ2) is 13.0. The summed E-state index contributed by atoms with van der Waals surface area (Å²) >= 11 is -3.47. The maximum atomic E-state index is 12.0. The number of carbonyl (C=O) groups excluding carboxylic acids is 4. The molecule has 0 bridgehead atoms. The van der Waals surface area contributed by atoms with Crippen LogP contribution in [-0.2, 0) is 34.8 Å². The van der Waals surface area contributed by atoms with Crippen LogP contribution >= 0.6 is 20.6 Å². The van der Waals surface area contributed by atoms with Crippen molar-refractivity contribution in [2.24, 2.45) is 0 Å². The summed E-state index contributed by atoms with van der Waals surface area (Å²) in [6.45, 7) is 8.94. The number of carbonyl (C=O) groups is 4. The van der Waals surface area contributed by atoms with Crippen molar-refractivity contribution in [1.29, 1.82) is 0 Å². The summed E-state index contributed by atoms with van der Waals surface area (Å²) in [6.07, 6.45) is -2.02. The summed E-state index contributed by atoms with van der Waals surface area (Å²) in [7, 11) is 0. The van der Waals surface area contributed by atoms with E-state index in [1.807, 2.05) is 0 Å². The summed E-state index contributed by atoms with van der Waals surface area (Å²) < 4.78 is 32.1. The first kappa shape index (κ1) is 26.5. The Labute approximate surface area is 188 Å². The Morgan fingerprint density at radius 3 is 1.52 bits per heavy atom. The summed E-state index contributed by atoms with van der Waals surface area (Å²) in [5.41, 5.74) is 0. The fraction of sp³-hybridized carbons (Fsp3) is 0.500. The number of halogens is 1. The van der Waals surface area contributed by atoms with Gasteiger partial charge in [-0.15, -0.1) is 0 Å². The fourth-order valence-corrected chi connectivity index (χ4v) is 5.25. The Kier molecular flexibility index (Phi) is 11.1. The number of benzene rings is 1. The Morgan fingerprint density at radius 2 is 1.19 bits per heavy atom. The SMILES string of the molecule is CCOC(=O)C(C)Oc1cccc(OC(C)C(=O)OCC)c1I(OC(C)=O)OC(C)=O. The van der Waals surface area contributed by atoms with Crippen molar-refractivity contribution in [2.45, 2.75) is 53.8 Å². The van der Waals surface area contributed by atoms with E-state index in [9.17, 15) is 19.2 Å². The van der Waals surface area contributed by atoms with Gasteiger partial charge in [-0.1, -0.05) is 0 Å². The van der Waals surface area contributed by atoms with Crippen LogP contribution in [0.4, 0.5) is 0 Å². The second-order valence-corrected chi connectivity index (χ2v) is 9.15. The molecule has 0 radical (unpaired) electrons. The van der Waals surface area contributed by atoms with Crippen LogP contribution in [-0.4, -0.2) is 49.3 Å². The van der Waals surface area contributed by atoms with Crippen molar-refractivity contribution in [1.82, 2.24) is 0 Å². The van der Waals surface area contributed by atoms with Gasteiger partial charge in [-0.25, -0.2) is 0 Å². The van der Waals surface area contributed by atoms with Crippen LogP contribution < -0.4 is 9.47 Å². The molecule has 31 heavy (non-hydrogen) atoms. The molecule has 0 spiro atoms. The molecule has 0 N–H and O–H groups in total. The molecular formula is C20H27IO10. The Balaban J connectivity index is 3.44. The Hall–Kier alpha value is -2.57. The van der Waals surface area contributed by atoms with Crippen LogP contribution in [0.15, 0.2) is 18.2 Å². The van der Waals surface area contributed by atoms with Crippen molar-refractivity contribution >= 4 is 44.5 Å². The van der Waals surface area contributed by atoms with Crippen molar-refractivity contribution < 1.29 is 44.3 Å². The molecule has 0 aromatic heterocycles. The van der Waals surface area contributed by atoms with Crippen LogP contribution in [0.5, 0.6) is 11.5 Å². The molecule has 1 aromatic carbocycles. The van der Waals surface area contributed by atoms with Gasteiger partial charge in [-0.05, 0) is 0 Å². The van der Waals surface area contributed by atoms with E-state index >= 15 is 0 Å². The first-order valence-corrected chi connectivity index (χ1v) is 12.3. The normalized spacial score (nSPS) is 12.6. The van der Waals surface area contributed by atoms with E-state index in [2.05, 4.69) is 0 Å². The molecule has 0 saturated heterocycles. The molecule has 2 atom stereocenters. The summed E-state index contributed by atoms with van der Waals surface area (Å²) in [5, 5.41) is 0. The van der Waals surface area contributed by atoms with Gasteiger partial charge in [0.15, 0.2) is 0 Å². The third kappa shape index (κ3) is 8.59. The fourth-order valence-electron chi connectivity index (χ4n) is 2.11. The monoisotopic (exact) mass is 554 g/mol. The van der Waals surface area contributed by atoms with Gasteiger partial charge in [0.05, 0.1) is 0 Å². The molecule has 10 nitrogen and oxygen atoms in total. The second-order valence-electron chi connectivity index (χ2n) is 5.95. The van der Waals surface area contributed by atoms with E-state index in [1.54, 1.807) is 19.9 Å². The molecular weight excluding hydrogens is 527 g/mol. The molecule has 0 aliphatic heterocycles. The van der Waals surface area contributed by atoms with Crippen LogP contribution in [0.2, 0.25) is 0 Å². The number of hydrogen-bond donors (Lipinski definition) is 0. The molecule has 0 aliphatic rings. The number of esters is 2. The van der Waals surface area contributed by atoms with Crippen molar-refractivity contribution in [3.05, 3.63) is 21.8 Å².